The normalized spacial score (nSPS) is 10.5. The number of ether oxygens (including phenoxy) is 2. The van der Waals surface area contributed by atoms with Crippen molar-refractivity contribution in [2.45, 2.75) is 20.0 Å². The quantitative estimate of drug-likeness (QED) is 0.888. The minimum Gasteiger partial charge on any atom is -0.494 e. The summed E-state index contributed by atoms with van der Waals surface area (Å²) in [7, 11) is 1.44. The van der Waals surface area contributed by atoms with E-state index in [1.165, 1.54) is 7.11 Å². The van der Waals surface area contributed by atoms with Crippen LogP contribution in [0.15, 0.2) is 30.3 Å². The Balaban J connectivity index is 2.16. The molecule has 0 amide bonds. The van der Waals surface area contributed by atoms with E-state index in [-0.39, 0.29) is 12.4 Å². The van der Waals surface area contributed by atoms with Gasteiger partial charge in [-0.2, -0.15) is 0 Å². The van der Waals surface area contributed by atoms with E-state index in [1.54, 1.807) is 18.2 Å². The van der Waals surface area contributed by atoms with Gasteiger partial charge >= 0.3 is 0 Å². The molecule has 0 aliphatic rings. The average Bonchev–Trinajstić information content (AvgIpc) is 2.48. The molecule has 21 heavy (non-hydrogen) atoms. The van der Waals surface area contributed by atoms with E-state index in [2.05, 4.69) is 4.98 Å². The zero-order valence-corrected chi connectivity index (χ0v) is 12.2. The lowest BCUT2D eigenvalue weighted by Gasteiger charge is -2.12. The number of halogens is 1. The monoisotopic (exact) mass is 290 g/mol. The fourth-order valence-electron chi connectivity index (χ4n) is 2.03. The van der Waals surface area contributed by atoms with Crippen molar-refractivity contribution in [3.05, 3.63) is 53.1 Å². The maximum Gasteiger partial charge on any atom is 0.171 e. The molecule has 0 atom stereocenters. The van der Waals surface area contributed by atoms with Crippen LogP contribution in [-0.2, 0) is 13.0 Å². The molecule has 0 spiro atoms. The lowest BCUT2D eigenvalue weighted by molar-refractivity contribution is 0.291. The summed E-state index contributed by atoms with van der Waals surface area (Å²) in [5.41, 5.74) is 7.71. The van der Waals surface area contributed by atoms with Crippen LogP contribution in [0.2, 0.25) is 0 Å². The number of pyridine rings is 1. The number of methoxy groups -OCH3 is 1. The Labute approximate surface area is 123 Å². The molecule has 5 heteroatoms. The van der Waals surface area contributed by atoms with Crippen LogP contribution in [0.25, 0.3) is 0 Å². The Morgan fingerprint density at radius 2 is 2.00 bits per heavy atom. The van der Waals surface area contributed by atoms with Gasteiger partial charge in [0.1, 0.15) is 12.4 Å². The van der Waals surface area contributed by atoms with Gasteiger partial charge in [-0.1, -0.05) is 12.1 Å². The van der Waals surface area contributed by atoms with E-state index in [9.17, 15) is 4.39 Å². The number of aryl methyl sites for hydroxylation is 1. The highest BCUT2D eigenvalue weighted by Crippen LogP contribution is 2.23. The number of aromatic nitrogens is 1. The molecule has 4 nitrogen and oxygen atoms in total. The molecule has 2 aromatic rings. The number of hydrogen-bond acceptors (Lipinski definition) is 4. The van der Waals surface area contributed by atoms with Crippen molar-refractivity contribution in [3.63, 3.8) is 0 Å². The van der Waals surface area contributed by atoms with E-state index >= 15 is 0 Å². The van der Waals surface area contributed by atoms with Crippen LogP contribution in [0.1, 0.15) is 17.0 Å². The zero-order chi connectivity index (χ0) is 15.2. The molecule has 1 aromatic carbocycles. The SMILES string of the molecule is COc1cccc(COc2ccc(C)nc2CCN)c1F. The van der Waals surface area contributed by atoms with E-state index in [4.69, 9.17) is 15.2 Å². The van der Waals surface area contributed by atoms with Gasteiger partial charge in [0.25, 0.3) is 0 Å². The van der Waals surface area contributed by atoms with Crippen LogP contribution in [0.3, 0.4) is 0 Å². The fraction of sp³-hybridized carbons (Fsp3) is 0.312. The Morgan fingerprint density at radius 1 is 1.19 bits per heavy atom. The zero-order valence-electron chi connectivity index (χ0n) is 12.2. The molecule has 0 bridgehead atoms. The second kappa shape index (κ2) is 7.04. The molecule has 1 aromatic heterocycles. The predicted molar refractivity (Wildman–Crippen MR) is 79.0 cm³/mol. The van der Waals surface area contributed by atoms with E-state index in [1.807, 2.05) is 19.1 Å². The van der Waals surface area contributed by atoms with E-state index in [0.717, 1.165) is 11.4 Å². The molecule has 0 aliphatic carbocycles. The van der Waals surface area contributed by atoms with Gasteiger partial charge < -0.3 is 15.2 Å². The molecular weight excluding hydrogens is 271 g/mol. The summed E-state index contributed by atoms with van der Waals surface area (Å²) < 4.78 is 24.7. The van der Waals surface area contributed by atoms with Crippen molar-refractivity contribution < 1.29 is 13.9 Å². The van der Waals surface area contributed by atoms with Gasteiger partial charge in [0, 0.05) is 17.7 Å². The fourth-order valence-corrected chi connectivity index (χ4v) is 2.03. The summed E-state index contributed by atoms with van der Waals surface area (Å²) in [4.78, 5) is 4.41. The number of nitrogens with two attached hydrogens (primary N) is 1. The third-order valence-corrected chi connectivity index (χ3v) is 3.10. The Bertz CT molecular complexity index is 617. The standard InChI is InChI=1S/C16H19FN2O2/c1-11-6-7-14(13(19-11)8-9-18)21-10-12-4-3-5-15(20-2)16(12)17/h3-7H,8-10,18H2,1-2H3. The number of rotatable bonds is 6. The maximum absolute atomic E-state index is 14.0. The number of benzene rings is 1. The van der Waals surface area contributed by atoms with E-state index in [0.29, 0.717) is 24.3 Å². The first-order chi connectivity index (χ1) is 10.2. The van der Waals surface area contributed by atoms with Crippen LogP contribution in [0.4, 0.5) is 4.39 Å². The topological polar surface area (TPSA) is 57.4 Å². The first kappa shape index (κ1) is 15.3. The van der Waals surface area contributed by atoms with Gasteiger partial charge in [0.05, 0.1) is 12.8 Å². The first-order valence-electron chi connectivity index (χ1n) is 6.76. The summed E-state index contributed by atoms with van der Waals surface area (Å²) in [5.74, 6) is 0.439. The largest absolute Gasteiger partial charge is 0.494 e. The van der Waals surface area contributed by atoms with Crippen molar-refractivity contribution in [1.29, 1.82) is 0 Å². The van der Waals surface area contributed by atoms with Gasteiger partial charge in [0.2, 0.25) is 0 Å². The van der Waals surface area contributed by atoms with Crippen LogP contribution < -0.4 is 15.2 Å². The minimum atomic E-state index is -0.402. The van der Waals surface area contributed by atoms with E-state index < -0.39 is 5.82 Å². The molecular formula is C16H19FN2O2. The van der Waals surface area contributed by atoms with Crippen LogP contribution >= 0.6 is 0 Å². The van der Waals surface area contributed by atoms with Crippen molar-refractivity contribution >= 4 is 0 Å². The highest BCUT2D eigenvalue weighted by molar-refractivity contribution is 5.33. The van der Waals surface area contributed by atoms with Gasteiger partial charge in [-0.05, 0) is 31.7 Å². The van der Waals surface area contributed by atoms with Gasteiger partial charge in [-0.15, -0.1) is 0 Å². The average molecular weight is 290 g/mol. The van der Waals surface area contributed by atoms with Gasteiger partial charge in [-0.25, -0.2) is 4.39 Å². The lowest BCUT2D eigenvalue weighted by atomic mass is 10.2. The summed E-state index contributed by atoms with van der Waals surface area (Å²) in [6, 6.07) is 8.67. The molecule has 0 aliphatic heterocycles. The van der Waals surface area contributed by atoms with Crippen LogP contribution in [0, 0.1) is 12.7 Å². The van der Waals surface area contributed by atoms with Crippen LogP contribution in [0.5, 0.6) is 11.5 Å². The molecule has 0 unspecified atom stereocenters. The Hall–Kier alpha value is -2.14. The molecule has 0 saturated carbocycles. The van der Waals surface area contributed by atoms with Crippen molar-refractivity contribution in [2.24, 2.45) is 5.73 Å². The van der Waals surface area contributed by atoms with Gasteiger partial charge in [0.15, 0.2) is 11.6 Å². The molecule has 1 heterocycles. The lowest BCUT2D eigenvalue weighted by Crippen LogP contribution is -2.08. The highest BCUT2D eigenvalue weighted by Gasteiger charge is 2.11. The third kappa shape index (κ3) is 3.70. The molecule has 0 saturated heterocycles. The van der Waals surface area contributed by atoms with Gasteiger partial charge in [-0.3, -0.25) is 4.98 Å². The second-order valence-electron chi connectivity index (χ2n) is 4.66. The smallest absolute Gasteiger partial charge is 0.171 e. The third-order valence-electron chi connectivity index (χ3n) is 3.10. The molecule has 0 radical (unpaired) electrons. The molecule has 2 rings (SSSR count). The molecule has 112 valence electrons. The summed E-state index contributed by atoms with van der Waals surface area (Å²) in [5, 5.41) is 0. The van der Waals surface area contributed by atoms with Crippen LogP contribution in [-0.4, -0.2) is 18.6 Å². The van der Waals surface area contributed by atoms with Crippen molar-refractivity contribution in [3.8, 4) is 11.5 Å². The van der Waals surface area contributed by atoms with Crippen molar-refractivity contribution in [2.75, 3.05) is 13.7 Å². The second-order valence-corrected chi connectivity index (χ2v) is 4.66. The summed E-state index contributed by atoms with van der Waals surface area (Å²) in [6.07, 6.45) is 0.623. The Morgan fingerprint density at radius 3 is 2.71 bits per heavy atom. The first-order valence-corrected chi connectivity index (χ1v) is 6.76. The highest BCUT2D eigenvalue weighted by atomic mass is 19.1. The predicted octanol–water partition coefficient (Wildman–Crippen LogP) is 2.62. The number of nitrogens with zero attached hydrogens (tertiary/aromatic N) is 1. The van der Waals surface area contributed by atoms with Crippen molar-refractivity contribution in [1.82, 2.24) is 4.98 Å². The summed E-state index contributed by atoms with van der Waals surface area (Å²) >= 11 is 0. The maximum atomic E-state index is 14.0. The summed E-state index contributed by atoms with van der Waals surface area (Å²) in [6.45, 7) is 2.51. The Kier molecular flexibility index (Phi) is 5.11. The molecule has 2 N–H and O–H groups in total. The molecule has 0 fully saturated rings. The minimum absolute atomic E-state index is 0.116. The number of hydrogen-bond donors (Lipinski definition) is 1.